The van der Waals surface area contributed by atoms with E-state index in [1.54, 1.807) is 0 Å². The number of anilines is 5. The minimum atomic E-state index is -0.101. The largest absolute Gasteiger partial charge is 0.456 e. The average molecular weight is 805 g/mol. The van der Waals surface area contributed by atoms with Crippen molar-refractivity contribution in [2.24, 2.45) is 0 Å². The van der Waals surface area contributed by atoms with Gasteiger partial charge >= 0.3 is 6.85 Å². The zero-order chi connectivity index (χ0) is 41.4. The van der Waals surface area contributed by atoms with Crippen molar-refractivity contribution in [1.82, 2.24) is 0 Å². The van der Waals surface area contributed by atoms with Gasteiger partial charge in [0.1, 0.15) is 11.2 Å². The van der Waals surface area contributed by atoms with E-state index in [4.69, 9.17) is 4.42 Å². The maximum Gasteiger partial charge on any atom is 0.343 e. The quantitative estimate of drug-likeness (QED) is 0.166. The molecule has 0 amide bonds. The van der Waals surface area contributed by atoms with Gasteiger partial charge in [-0.2, -0.15) is 0 Å². The average Bonchev–Trinajstić information content (AvgIpc) is 3.83. The first-order chi connectivity index (χ1) is 29.5. The Kier molecular flexibility index (Phi) is 7.72. The van der Waals surface area contributed by atoms with Crippen LogP contribution in [0.1, 0.15) is 52.7 Å². The van der Waals surface area contributed by atoms with Crippen LogP contribution in [0.5, 0.6) is 0 Å². The van der Waals surface area contributed by atoms with Crippen molar-refractivity contribution in [2.75, 3.05) is 9.71 Å². The number of benzene rings is 8. The summed E-state index contributed by atoms with van der Waals surface area (Å²) in [5, 5.41) is 6.01. The van der Waals surface area contributed by atoms with Gasteiger partial charge in [-0.1, -0.05) is 151 Å². The molecule has 0 saturated heterocycles. The molecule has 5 heteroatoms. The van der Waals surface area contributed by atoms with Gasteiger partial charge in [0.05, 0.1) is 11.4 Å². The third kappa shape index (κ3) is 5.43. The van der Waals surface area contributed by atoms with E-state index >= 15 is 0 Å². The summed E-state index contributed by atoms with van der Waals surface area (Å²) < 4.78 is 9.33. The molecule has 0 saturated carbocycles. The van der Waals surface area contributed by atoms with Crippen LogP contribution in [0.3, 0.4) is 0 Å². The number of para-hydroxylation sites is 1. The zero-order valence-electron chi connectivity index (χ0n) is 35.4. The Morgan fingerprint density at radius 3 is 1.95 bits per heavy atom. The van der Waals surface area contributed by atoms with Crippen LogP contribution in [0.15, 0.2) is 168 Å². The van der Waals surface area contributed by atoms with Crippen LogP contribution in [-0.4, -0.2) is 6.85 Å². The minimum Gasteiger partial charge on any atom is -0.456 e. The molecule has 2 aromatic heterocycles. The van der Waals surface area contributed by atoms with Crippen molar-refractivity contribution in [3.05, 3.63) is 175 Å². The Morgan fingerprint density at radius 1 is 0.508 bits per heavy atom. The topological polar surface area (TPSA) is 19.6 Å². The number of hydrogen-bond acceptors (Lipinski definition) is 4. The number of nitrogens with zero attached hydrogens (tertiary/aromatic N) is 2. The molecular formula is C56H45BN2OS. The Morgan fingerprint density at radius 2 is 1.18 bits per heavy atom. The number of fused-ring (bicyclic) bond motifs is 11. The van der Waals surface area contributed by atoms with Gasteiger partial charge < -0.3 is 14.1 Å². The number of furan rings is 1. The van der Waals surface area contributed by atoms with Crippen LogP contribution in [0.25, 0.3) is 65.1 Å². The maximum atomic E-state index is 6.70. The highest BCUT2D eigenvalue weighted by Crippen LogP contribution is 2.54. The van der Waals surface area contributed by atoms with E-state index in [0.717, 1.165) is 21.9 Å². The molecule has 0 aliphatic carbocycles. The molecule has 4 heterocycles. The van der Waals surface area contributed by atoms with Gasteiger partial charge in [0.2, 0.25) is 0 Å². The molecule has 0 N–H and O–H groups in total. The Labute approximate surface area is 361 Å². The van der Waals surface area contributed by atoms with Crippen LogP contribution in [0.4, 0.5) is 28.4 Å². The van der Waals surface area contributed by atoms with E-state index in [1.807, 2.05) is 11.3 Å². The molecule has 0 unspecified atom stereocenters. The van der Waals surface area contributed by atoms with Crippen LogP contribution >= 0.6 is 11.3 Å². The van der Waals surface area contributed by atoms with E-state index in [-0.39, 0.29) is 17.7 Å². The Balaban J connectivity index is 1.25. The molecule has 3 nitrogen and oxygen atoms in total. The van der Waals surface area contributed by atoms with Crippen molar-refractivity contribution in [1.29, 1.82) is 0 Å². The maximum absolute atomic E-state index is 6.70. The molecule has 61 heavy (non-hydrogen) atoms. The van der Waals surface area contributed by atoms with E-state index in [1.165, 1.54) is 92.9 Å². The molecular weight excluding hydrogens is 760 g/mol. The van der Waals surface area contributed by atoms with Gasteiger partial charge in [-0.3, -0.25) is 0 Å². The predicted octanol–water partition coefficient (Wildman–Crippen LogP) is 14.9. The Hall–Kier alpha value is -6.56. The second-order valence-corrected chi connectivity index (χ2v) is 20.0. The standard InChI is InChI=1S/C56H45BN2OS/c1-55(2,3)36-24-27-38(28-25-36)59-46-32-43-40-20-12-14-22-48(40)60-49(43)33-44(46)51-39-19-11-10-18-35(39)30-47-52(51)57(59)54-53(41-21-13-15-23-50(41)61-54)58(47)45-29-26-37(56(4,5)6)31-42(45)34-16-8-7-9-17-34/h7-33H,1-6H3. The van der Waals surface area contributed by atoms with Gasteiger partial charge in [-0.15, -0.1) is 11.3 Å². The highest BCUT2D eigenvalue weighted by molar-refractivity contribution is 7.32. The lowest BCUT2D eigenvalue weighted by molar-refractivity contribution is 0.590. The molecule has 0 fully saturated rings. The van der Waals surface area contributed by atoms with Gasteiger partial charge in [0.15, 0.2) is 0 Å². The van der Waals surface area contributed by atoms with Crippen molar-refractivity contribution in [3.63, 3.8) is 0 Å². The second kappa shape index (κ2) is 13.0. The zero-order valence-corrected chi connectivity index (χ0v) is 36.2. The van der Waals surface area contributed by atoms with Crippen molar-refractivity contribution >= 4 is 99.7 Å². The third-order valence-electron chi connectivity index (χ3n) is 13.1. The molecule has 2 aliphatic heterocycles. The number of hydrogen-bond donors (Lipinski definition) is 0. The highest BCUT2D eigenvalue weighted by atomic mass is 32.1. The molecule has 2 aliphatic rings. The molecule has 0 bridgehead atoms. The number of rotatable bonds is 3. The summed E-state index contributed by atoms with van der Waals surface area (Å²) in [4.78, 5) is 5.27. The van der Waals surface area contributed by atoms with Crippen molar-refractivity contribution in [3.8, 4) is 22.3 Å². The molecule has 0 radical (unpaired) electrons. The first-order valence-corrected chi connectivity index (χ1v) is 22.3. The monoisotopic (exact) mass is 804 g/mol. The summed E-state index contributed by atoms with van der Waals surface area (Å²) in [5.74, 6) is 0. The van der Waals surface area contributed by atoms with E-state index in [9.17, 15) is 0 Å². The fourth-order valence-corrected chi connectivity index (χ4v) is 11.4. The van der Waals surface area contributed by atoms with E-state index in [2.05, 4.69) is 215 Å². The minimum absolute atomic E-state index is 0.0217. The van der Waals surface area contributed by atoms with Gasteiger partial charge in [0, 0.05) is 53.8 Å². The Bertz CT molecular complexity index is 3400. The molecule has 10 aromatic rings. The van der Waals surface area contributed by atoms with Crippen molar-refractivity contribution < 1.29 is 4.42 Å². The fourth-order valence-electron chi connectivity index (χ4n) is 10.1. The van der Waals surface area contributed by atoms with Gasteiger partial charge in [0.25, 0.3) is 0 Å². The second-order valence-electron chi connectivity index (χ2n) is 18.9. The van der Waals surface area contributed by atoms with Crippen LogP contribution in [0.2, 0.25) is 0 Å². The number of thiophene rings is 1. The van der Waals surface area contributed by atoms with Gasteiger partial charge in [-0.25, -0.2) is 0 Å². The smallest absolute Gasteiger partial charge is 0.343 e. The molecule has 0 atom stereocenters. The highest BCUT2D eigenvalue weighted by Gasteiger charge is 2.48. The summed E-state index contributed by atoms with van der Waals surface area (Å²) in [6.45, 7) is 13.7. The predicted molar refractivity (Wildman–Crippen MR) is 263 cm³/mol. The van der Waals surface area contributed by atoms with Crippen molar-refractivity contribution in [2.45, 2.75) is 52.4 Å². The summed E-state index contributed by atoms with van der Waals surface area (Å²) in [6, 6.07) is 61.2. The van der Waals surface area contributed by atoms with E-state index in [0.29, 0.717) is 0 Å². The van der Waals surface area contributed by atoms with Gasteiger partial charge in [-0.05, 0) is 104 Å². The third-order valence-corrected chi connectivity index (χ3v) is 14.3. The summed E-state index contributed by atoms with van der Waals surface area (Å²) in [5.41, 5.74) is 16.7. The lowest BCUT2D eigenvalue weighted by atomic mass is 9.46. The molecule has 0 spiro atoms. The molecule has 12 rings (SSSR count). The first-order valence-electron chi connectivity index (χ1n) is 21.5. The lowest BCUT2D eigenvalue weighted by Gasteiger charge is -2.45. The van der Waals surface area contributed by atoms with Crippen LogP contribution in [0, 0.1) is 0 Å². The van der Waals surface area contributed by atoms with E-state index < -0.39 is 0 Å². The summed E-state index contributed by atoms with van der Waals surface area (Å²) in [6.07, 6.45) is 0. The summed E-state index contributed by atoms with van der Waals surface area (Å²) >= 11 is 1.94. The SMILES string of the molecule is CC(C)(C)c1ccc(N2B3c4sc5ccccc5c4N(c4ccc(C(C)(C)C)cc4-c4ccccc4)c4cc5ccccc5c(c43)-c3cc4oc5ccccc5c4cc32)cc1. The van der Waals surface area contributed by atoms with Crippen LogP contribution < -0.4 is 20.0 Å². The lowest BCUT2D eigenvalue weighted by Crippen LogP contribution is -2.60. The normalized spacial score (nSPS) is 13.6. The fraction of sp³-hybridized carbons (Fsp3) is 0.143. The summed E-state index contributed by atoms with van der Waals surface area (Å²) in [7, 11) is 0. The molecule has 8 aromatic carbocycles. The first kappa shape index (κ1) is 36.3. The van der Waals surface area contributed by atoms with Crippen LogP contribution in [-0.2, 0) is 10.8 Å². The molecule has 294 valence electrons.